The van der Waals surface area contributed by atoms with E-state index in [1.165, 1.54) is 6.08 Å². The van der Waals surface area contributed by atoms with Gasteiger partial charge in [0.05, 0.1) is 11.3 Å². The summed E-state index contributed by atoms with van der Waals surface area (Å²) in [6.07, 6.45) is 6.19. The molecule has 9 heteroatoms. The SMILES string of the molecule is O=C(NCc1ccc(N2CCCC2=O)cc1)C1=CN2CCS(=O)(=O)N=C2C=C1. The molecule has 8 nitrogen and oxygen atoms in total. The van der Waals surface area contributed by atoms with E-state index in [4.69, 9.17) is 0 Å². The maximum absolute atomic E-state index is 12.4. The van der Waals surface area contributed by atoms with Crippen molar-refractivity contribution < 1.29 is 18.0 Å². The molecule has 0 bridgehead atoms. The van der Waals surface area contributed by atoms with E-state index >= 15 is 0 Å². The Morgan fingerprint density at radius 2 is 1.93 bits per heavy atom. The number of fused-ring (bicyclic) bond motifs is 1. The lowest BCUT2D eigenvalue weighted by molar-refractivity contribution is -0.118. The Morgan fingerprint density at radius 3 is 2.64 bits per heavy atom. The molecule has 3 aliphatic heterocycles. The lowest BCUT2D eigenvalue weighted by Crippen LogP contribution is -2.38. The summed E-state index contributed by atoms with van der Waals surface area (Å²) in [4.78, 5) is 27.7. The average molecular weight is 400 g/mol. The van der Waals surface area contributed by atoms with Gasteiger partial charge in [0.25, 0.3) is 15.9 Å². The van der Waals surface area contributed by atoms with Crippen molar-refractivity contribution in [3.05, 3.63) is 53.8 Å². The number of carbonyl (C=O) groups is 2. The Hall–Kier alpha value is -2.94. The maximum atomic E-state index is 12.4. The second-order valence-corrected chi connectivity index (χ2v) is 8.60. The fourth-order valence-corrected chi connectivity index (χ4v) is 4.30. The van der Waals surface area contributed by atoms with Gasteiger partial charge in [-0.25, -0.2) is 8.42 Å². The van der Waals surface area contributed by atoms with E-state index in [2.05, 4.69) is 9.71 Å². The Balaban J connectivity index is 1.37. The average Bonchev–Trinajstić information content (AvgIpc) is 3.11. The minimum absolute atomic E-state index is 0.0678. The van der Waals surface area contributed by atoms with Gasteiger partial charge in [-0.1, -0.05) is 12.1 Å². The van der Waals surface area contributed by atoms with E-state index < -0.39 is 10.0 Å². The van der Waals surface area contributed by atoms with Crippen LogP contribution in [0.1, 0.15) is 18.4 Å². The first kappa shape index (κ1) is 18.4. The van der Waals surface area contributed by atoms with Crippen LogP contribution in [-0.4, -0.2) is 49.8 Å². The van der Waals surface area contributed by atoms with Crippen molar-refractivity contribution in [2.75, 3.05) is 23.7 Å². The highest BCUT2D eigenvalue weighted by Crippen LogP contribution is 2.21. The number of sulfonamides is 1. The Kier molecular flexibility index (Phi) is 4.76. The second-order valence-electron chi connectivity index (χ2n) is 6.84. The monoisotopic (exact) mass is 400 g/mol. The van der Waals surface area contributed by atoms with Crippen LogP contribution in [0.25, 0.3) is 0 Å². The van der Waals surface area contributed by atoms with Crippen molar-refractivity contribution in [1.29, 1.82) is 0 Å². The fraction of sp³-hybridized carbons (Fsp3) is 0.316. The van der Waals surface area contributed by atoms with Crippen molar-refractivity contribution >= 4 is 33.4 Å². The van der Waals surface area contributed by atoms with E-state index in [1.807, 2.05) is 24.3 Å². The minimum Gasteiger partial charge on any atom is -0.348 e. The summed E-state index contributed by atoms with van der Waals surface area (Å²) < 4.78 is 26.8. The van der Waals surface area contributed by atoms with Gasteiger partial charge >= 0.3 is 0 Å². The molecule has 1 saturated heterocycles. The highest BCUT2D eigenvalue weighted by atomic mass is 32.2. The Bertz CT molecular complexity index is 1010. The van der Waals surface area contributed by atoms with Crippen molar-refractivity contribution in [3.8, 4) is 0 Å². The number of hydrogen-bond acceptors (Lipinski definition) is 5. The first-order valence-electron chi connectivity index (χ1n) is 9.08. The molecular formula is C19H20N4O4S. The molecule has 3 heterocycles. The quantitative estimate of drug-likeness (QED) is 0.811. The third kappa shape index (κ3) is 3.84. The van der Waals surface area contributed by atoms with Crippen LogP contribution in [0, 0.1) is 0 Å². The predicted octanol–water partition coefficient (Wildman–Crippen LogP) is 0.927. The van der Waals surface area contributed by atoms with Gasteiger partial charge in [-0.05, 0) is 36.3 Å². The van der Waals surface area contributed by atoms with Crippen LogP contribution in [0.2, 0.25) is 0 Å². The second kappa shape index (κ2) is 7.23. The molecule has 0 spiro atoms. The largest absolute Gasteiger partial charge is 0.348 e. The number of benzene rings is 1. The number of nitrogens with one attached hydrogen (secondary N) is 1. The summed E-state index contributed by atoms with van der Waals surface area (Å²) in [6, 6.07) is 7.57. The number of carbonyl (C=O) groups excluding carboxylic acids is 2. The molecule has 1 N–H and O–H groups in total. The first-order chi connectivity index (χ1) is 13.4. The summed E-state index contributed by atoms with van der Waals surface area (Å²) in [6.45, 7) is 1.38. The number of hydrogen-bond donors (Lipinski definition) is 1. The van der Waals surface area contributed by atoms with Crippen LogP contribution in [0.4, 0.5) is 5.69 Å². The van der Waals surface area contributed by atoms with Crippen LogP contribution in [0.5, 0.6) is 0 Å². The highest BCUT2D eigenvalue weighted by Gasteiger charge is 2.25. The van der Waals surface area contributed by atoms with Crippen molar-refractivity contribution in [2.45, 2.75) is 19.4 Å². The third-order valence-electron chi connectivity index (χ3n) is 4.86. The zero-order valence-electron chi connectivity index (χ0n) is 15.2. The van der Waals surface area contributed by atoms with Crippen LogP contribution in [0.15, 0.2) is 52.6 Å². The molecule has 0 aromatic heterocycles. The van der Waals surface area contributed by atoms with Crippen LogP contribution in [-0.2, 0) is 26.2 Å². The molecule has 0 radical (unpaired) electrons. The number of amidine groups is 1. The fourth-order valence-electron chi connectivity index (χ4n) is 3.33. The lowest BCUT2D eigenvalue weighted by Gasteiger charge is -2.26. The number of anilines is 1. The molecule has 0 saturated carbocycles. The zero-order valence-corrected chi connectivity index (χ0v) is 16.0. The molecule has 0 unspecified atom stereocenters. The summed E-state index contributed by atoms with van der Waals surface area (Å²) in [5.41, 5.74) is 2.25. The molecule has 28 heavy (non-hydrogen) atoms. The lowest BCUT2D eigenvalue weighted by atomic mass is 10.1. The van der Waals surface area contributed by atoms with Crippen LogP contribution in [0.3, 0.4) is 0 Å². The van der Waals surface area contributed by atoms with E-state index in [0.717, 1.165) is 24.2 Å². The molecular weight excluding hydrogens is 380 g/mol. The van der Waals surface area contributed by atoms with Gasteiger partial charge in [0.1, 0.15) is 5.84 Å². The number of rotatable bonds is 4. The van der Waals surface area contributed by atoms with Gasteiger partial charge < -0.3 is 15.1 Å². The molecule has 0 aliphatic carbocycles. The predicted molar refractivity (Wildman–Crippen MR) is 105 cm³/mol. The van der Waals surface area contributed by atoms with Crippen LogP contribution >= 0.6 is 0 Å². The Morgan fingerprint density at radius 1 is 1.14 bits per heavy atom. The molecule has 0 atom stereocenters. The van der Waals surface area contributed by atoms with E-state index in [0.29, 0.717) is 24.4 Å². The standard InChI is InChI=1S/C19H20N4O4S/c24-18-2-1-9-23(18)16-6-3-14(4-7-16)12-20-19(25)15-5-8-17-21-28(26,27)11-10-22(17)13-15/h3-8,13H,1-2,9-12H2,(H,20,25). The summed E-state index contributed by atoms with van der Waals surface area (Å²) in [5, 5.41) is 2.85. The molecule has 4 rings (SSSR count). The van der Waals surface area contributed by atoms with Gasteiger partial charge in [-0.3, -0.25) is 9.59 Å². The molecule has 1 fully saturated rings. The first-order valence-corrected chi connectivity index (χ1v) is 10.7. The Labute approximate surface area is 163 Å². The topological polar surface area (TPSA) is 99.1 Å². The number of nitrogens with zero attached hydrogens (tertiary/aromatic N) is 3. The van der Waals surface area contributed by atoms with E-state index in [-0.39, 0.29) is 24.1 Å². The van der Waals surface area contributed by atoms with Crippen LogP contribution < -0.4 is 10.2 Å². The maximum Gasteiger partial charge on any atom is 0.256 e. The van der Waals surface area contributed by atoms with Gasteiger partial charge in [0, 0.05) is 37.9 Å². The summed E-state index contributed by atoms with van der Waals surface area (Å²) in [7, 11) is -3.41. The molecule has 1 aromatic carbocycles. The summed E-state index contributed by atoms with van der Waals surface area (Å²) in [5.74, 6) is 0.157. The normalized spacial score (nSPS) is 20.5. The minimum atomic E-state index is -3.41. The zero-order chi connectivity index (χ0) is 19.7. The highest BCUT2D eigenvalue weighted by molar-refractivity contribution is 7.90. The molecule has 1 aromatic rings. The number of amides is 2. The van der Waals surface area contributed by atoms with Crippen molar-refractivity contribution in [2.24, 2.45) is 4.40 Å². The van der Waals surface area contributed by atoms with Crippen molar-refractivity contribution in [3.63, 3.8) is 0 Å². The van der Waals surface area contributed by atoms with Gasteiger partial charge in [0.15, 0.2) is 0 Å². The molecule has 2 amide bonds. The smallest absolute Gasteiger partial charge is 0.256 e. The molecule has 3 aliphatic rings. The van der Waals surface area contributed by atoms with Crippen molar-refractivity contribution in [1.82, 2.24) is 10.2 Å². The summed E-state index contributed by atoms with van der Waals surface area (Å²) >= 11 is 0. The van der Waals surface area contributed by atoms with Gasteiger partial charge in [0.2, 0.25) is 5.91 Å². The third-order valence-corrected chi connectivity index (χ3v) is 6.02. The van der Waals surface area contributed by atoms with E-state index in [1.54, 1.807) is 22.1 Å². The molecule has 146 valence electrons. The van der Waals surface area contributed by atoms with E-state index in [9.17, 15) is 18.0 Å². The van der Waals surface area contributed by atoms with Gasteiger partial charge in [-0.15, -0.1) is 4.40 Å². The van der Waals surface area contributed by atoms with Gasteiger partial charge in [-0.2, -0.15) is 0 Å².